The molecule has 2 aromatic carbocycles. The number of ether oxygens (including phenoxy) is 1. The van der Waals surface area contributed by atoms with E-state index in [0.717, 1.165) is 28.9 Å². The normalized spacial score (nSPS) is 10.7. The molecule has 3 aromatic rings. The molecular weight excluding hydrogens is 329 g/mol. The highest BCUT2D eigenvalue weighted by molar-refractivity contribution is 5.47. The van der Waals surface area contributed by atoms with Crippen molar-refractivity contribution in [3.8, 4) is 11.4 Å². The molecule has 0 fully saturated rings. The lowest BCUT2D eigenvalue weighted by Gasteiger charge is -2.11. The van der Waals surface area contributed by atoms with Gasteiger partial charge in [-0.25, -0.2) is 4.39 Å². The molecule has 0 atom stereocenters. The maximum Gasteiger partial charge on any atom is 0.313 e. The molecule has 1 heterocycles. The second-order valence-corrected chi connectivity index (χ2v) is 5.41. The van der Waals surface area contributed by atoms with Crippen molar-refractivity contribution in [3.05, 3.63) is 69.3 Å². The molecule has 0 spiro atoms. The lowest BCUT2D eigenvalue weighted by Crippen LogP contribution is -2.10. The van der Waals surface area contributed by atoms with Gasteiger partial charge < -0.3 is 4.74 Å². The fraction of sp³-hybridized carbons (Fsp3) is 0.188. The second kappa shape index (κ2) is 6.63. The zero-order valence-corrected chi connectivity index (χ0v) is 13.5. The third kappa shape index (κ3) is 3.30. The van der Waals surface area contributed by atoms with Gasteiger partial charge in [0.25, 0.3) is 0 Å². The summed E-state index contributed by atoms with van der Waals surface area (Å²) in [5, 5.41) is 22.6. The first-order chi connectivity index (χ1) is 12.0. The van der Waals surface area contributed by atoms with E-state index in [1.54, 1.807) is 0 Å². The maximum atomic E-state index is 13.2. The van der Waals surface area contributed by atoms with Crippen molar-refractivity contribution in [2.45, 2.75) is 20.5 Å². The molecule has 25 heavy (non-hydrogen) atoms. The molecule has 0 aliphatic carbocycles. The number of aromatic nitrogens is 4. The fourth-order valence-corrected chi connectivity index (χ4v) is 2.51. The minimum absolute atomic E-state index is 0.0533. The molecule has 0 saturated heterocycles. The first-order valence-corrected chi connectivity index (χ1v) is 7.38. The van der Waals surface area contributed by atoms with Gasteiger partial charge in [0.15, 0.2) is 18.2 Å². The number of benzene rings is 2. The van der Waals surface area contributed by atoms with Crippen molar-refractivity contribution in [3.63, 3.8) is 0 Å². The van der Waals surface area contributed by atoms with E-state index in [1.165, 1.54) is 10.7 Å². The van der Waals surface area contributed by atoms with E-state index < -0.39 is 16.4 Å². The van der Waals surface area contributed by atoms with Crippen molar-refractivity contribution < 1.29 is 14.1 Å². The molecular formula is C16H14FN5O3. The standard InChI is InChI=1S/C16H14FN5O3/c1-10-4-3-5-11(2)16(10)21-15(18-19-20-21)9-25-14-7-6-12(17)8-13(14)22(23)24/h3-8H,9H2,1-2H3. The Balaban J connectivity index is 1.90. The minimum Gasteiger partial charge on any atom is -0.478 e. The van der Waals surface area contributed by atoms with Crippen LogP contribution in [-0.4, -0.2) is 25.1 Å². The van der Waals surface area contributed by atoms with Crippen molar-refractivity contribution in [2.24, 2.45) is 0 Å². The van der Waals surface area contributed by atoms with E-state index in [2.05, 4.69) is 15.5 Å². The summed E-state index contributed by atoms with van der Waals surface area (Å²) in [6.45, 7) is 3.76. The number of hydrogen-bond acceptors (Lipinski definition) is 6. The molecule has 9 heteroatoms. The first kappa shape index (κ1) is 16.5. The van der Waals surface area contributed by atoms with Crippen molar-refractivity contribution >= 4 is 5.69 Å². The van der Waals surface area contributed by atoms with Gasteiger partial charge in [-0.15, -0.1) is 5.10 Å². The van der Waals surface area contributed by atoms with Crippen LogP contribution < -0.4 is 4.74 Å². The Morgan fingerprint density at radius 2 is 1.96 bits per heavy atom. The molecule has 1 aromatic heterocycles. The molecule has 0 saturated carbocycles. The van der Waals surface area contributed by atoms with Crippen LogP contribution in [0.1, 0.15) is 17.0 Å². The van der Waals surface area contributed by atoms with E-state index in [-0.39, 0.29) is 12.4 Å². The molecule has 0 radical (unpaired) electrons. The SMILES string of the molecule is Cc1cccc(C)c1-n1nnnc1COc1ccc(F)cc1[N+](=O)[O-]. The van der Waals surface area contributed by atoms with Gasteiger partial charge >= 0.3 is 5.69 Å². The topological polar surface area (TPSA) is 96.0 Å². The van der Waals surface area contributed by atoms with Crippen LogP contribution in [-0.2, 0) is 6.61 Å². The average Bonchev–Trinajstić information content (AvgIpc) is 3.01. The largest absolute Gasteiger partial charge is 0.478 e. The Labute approximate surface area is 142 Å². The van der Waals surface area contributed by atoms with Gasteiger partial charge in [-0.05, 0) is 47.5 Å². The Hall–Kier alpha value is -3.36. The van der Waals surface area contributed by atoms with Crippen LogP contribution in [0.25, 0.3) is 5.69 Å². The monoisotopic (exact) mass is 343 g/mol. The van der Waals surface area contributed by atoms with Gasteiger partial charge in [0.1, 0.15) is 5.82 Å². The number of aryl methyl sites for hydroxylation is 2. The van der Waals surface area contributed by atoms with E-state index in [4.69, 9.17) is 4.74 Å². The molecule has 0 N–H and O–H groups in total. The summed E-state index contributed by atoms with van der Waals surface area (Å²) in [6.07, 6.45) is 0. The smallest absolute Gasteiger partial charge is 0.313 e. The molecule has 0 aliphatic heterocycles. The number of halogens is 1. The van der Waals surface area contributed by atoms with Crippen molar-refractivity contribution in [1.82, 2.24) is 20.2 Å². The third-order valence-corrected chi connectivity index (χ3v) is 3.66. The zero-order chi connectivity index (χ0) is 18.0. The number of nitro benzene ring substituents is 1. The number of tetrazole rings is 1. The van der Waals surface area contributed by atoms with E-state index >= 15 is 0 Å². The minimum atomic E-state index is -0.709. The van der Waals surface area contributed by atoms with Crippen molar-refractivity contribution in [1.29, 1.82) is 0 Å². The Morgan fingerprint density at radius 3 is 2.64 bits per heavy atom. The highest BCUT2D eigenvalue weighted by Crippen LogP contribution is 2.28. The molecule has 8 nitrogen and oxygen atoms in total. The molecule has 3 rings (SSSR count). The summed E-state index contributed by atoms with van der Waals surface area (Å²) in [6, 6.07) is 8.90. The molecule has 128 valence electrons. The van der Waals surface area contributed by atoms with Crippen LogP contribution in [0.5, 0.6) is 5.75 Å². The van der Waals surface area contributed by atoms with Gasteiger partial charge in [-0.1, -0.05) is 18.2 Å². The summed E-state index contributed by atoms with van der Waals surface area (Å²) in [7, 11) is 0. The summed E-state index contributed by atoms with van der Waals surface area (Å²) >= 11 is 0. The zero-order valence-electron chi connectivity index (χ0n) is 13.5. The average molecular weight is 343 g/mol. The Morgan fingerprint density at radius 1 is 1.24 bits per heavy atom. The second-order valence-electron chi connectivity index (χ2n) is 5.41. The molecule has 0 amide bonds. The van der Waals surface area contributed by atoms with Gasteiger partial charge in [-0.2, -0.15) is 4.68 Å². The van der Waals surface area contributed by atoms with Gasteiger partial charge in [-0.3, -0.25) is 10.1 Å². The van der Waals surface area contributed by atoms with Gasteiger partial charge in [0.2, 0.25) is 0 Å². The molecule has 0 unspecified atom stereocenters. The quantitative estimate of drug-likeness (QED) is 0.522. The summed E-state index contributed by atoms with van der Waals surface area (Å²) in [5.41, 5.74) is 2.31. The predicted octanol–water partition coefficient (Wildman–Crippen LogP) is 2.91. The fourth-order valence-electron chi connectivity index (χ4n) is 2.51. The number of nitrogens with zero attached hydrogens (tertiary/aromatic N) is 5. The van der Waals surface area contributed by atoms with Crippen molar-refractivity contribution in [2.75, 3.05) is 0 Å². The predicted molar refractivity (Wildman–Crippen MR) is 86.0 cm³/mol. The van der Waals surface area contributed by atoms with E-state index in [9.17, 15) is 14.5 Å². The van der Waals surface area contributed by atoms with Gasteiger partial charge in [0.05, 0.1) is 16.7 Å². The Kier molecular flexibility index (Phi) is 4.38. The molecule has 0 bridgehead atoms. The van der Waals surface area contributed by atoms with Crippen LogP contribution >= 0.6 is 0 Å². The maximum absolute atomic E-state index is 13.2. The summed E-state index contributed by atoms with van der Waals surface area (Å²) in [4.78, 5) is 10.3. The third-order valence-electron chi connectivity index (χ3n) is 3.66. The Bertz CT molecular complexity index is 921. The summed E-state index contributed by atoms with van der Waals surface area (Å²) < 4.78 is 20.2. The van der Waals surface area contributed by atoms with Crippen LogP contribution in [0, 0.1) is 29.8 Å². The highest BCUT2D eigenvalue weighted by atomic mass is 19.1. The highest BCUT2D eigenvalue weighted by Gasteiger charge is 2.18. The number of nitro groups is 1. The van der Waals surface area contributed by atoms with E-state index in [0.29, 0.717) is 5.82 Å². The first-order valence-electron chi connectivity index (χ1n) is 7.38. The summed E-state index contributed by atoms with van der Waals surface area (Å²) in [5.74, 6) is -0.391. The number of rotatable bonds is 5. The lowest BCUT2D eigenvalue weighted by molar-refractivity contribution is -0.386. The van der Waals surface area contributed by atoms with Crippen LogP contribution in [0.4, 0.5) is 10.1 Å². The van der Waals surface area contributed by atoms with Gasteiger partial charge in [0, 0.05) is 0 Å². The van der Waals surface area contributed by atoms with Crippen LogP contribution in [0.2, 0.25) is 0 Å². The molecule has 0 aliphatic rings. The van der Waals surface area contributed by atoms with Crippen LogP contribution in [0.3, 0.4) is 0 Å². The van der Waals surface area contributed by atoms with Crippen LogP contribution in [0.15, 0.2) is 36.4 Å². The lowest BCUT2D eigenvalue weighted by atomic mass is 10.1. The van der Waals surface area contributed by atoms with E-state index in [1.807, 2.05) is 32.0 Å². The number of para-hydroxylation sites is 1. The number of hydrogen-bond donors (Lipinski definition) is 0.